The van der Waals surface area contributed by atoms with Crippen LogP contribution in [0.5, 0.6) is 0 Å². The van der Waals surface area contributed by atoms with Gasteiger partial charge in [-0.3, -0.25) is 0 Å². The van der Waals surface area contributed by atoms with Crippen molar-refractivity contribution in [2.24, 2.45) is 11.1 Å². The number of aliphatic hydroxyl groups excluding tert-OH is 3. The fourth-order valence-electron chi connectivity index (χ4n) is 1.12. The molecule has 0 fully saturated rings. The first-order valence-electron chi connectivity index (χ1n) is 4.15. The monoisotopic (exact) mass is 235 g/mol. The minimum Gasteiger partial charge on any atom is -0.478 e. The van der Waals surface area contributed by atoms with Gasteiger partial charge in [0.25, 0.3) is 0 Å². The third-order valence-corrected chi connectivity index (χ3v) is 2.15. The molecule has 0 aromatic rings. The summed E-state index contributed by atoms with van der Waals surface area (Å²) in [4.78, 5) is 21.4. The lowest BCUT2D eigenvalue weighted by molar-refractivity contribution is -0.138. The molecule has 0 aliphatic rings. The van der Waals surface area contributed by atoms with Crippen molar-refractivity contribution in [2.75, 3.05) is 19.8 Å². The van der Waals surface area contributed by atoms with Gasteiger partial charge in [-0.25, -0.2) is 9.59 Å². The number of aliphatic carboxylic acids is 2. The van der Waals surface area contributed by atoms with E-state index in [1.54, 1.807) is 0 Å². The van der Waals surface area contributed by atoms with Crippen LogP contribution >= 0.6 is 0 Å². The van der Waals surface area contributed by atoms with Gasteiger partial charge in [0.15, 0.2) is 0 Å². The van der Waals surface area contributed by atoms with Gasteiger partial charge in [-0.1, -0.05) is 0 Å². The first-order chi connectivity index (χ1) is 7.36. The summed E-state index contributed by atoms with van der Waals surface area (Å²) in [5, 5.41) is 44.2. The summed E-state index contributed by atoms with van der Waals surface area (Å²) >= 11 is 0. The summed E-state index contributed by atoms with van der Waals surface area (Å²) in [5.74, 6) is -3.44. The Morgan fingerprint density at radius 1 is 0.938 bits per heavy atom. The molecule has 0 saturated heterocycles. The lowest BCUT2D eigenvalue weighted by atomic mass is 9.81. The number of carboxylic acid groups (broad SMARTS) is 2. The van der Waals surface area contributed by atoms with Crippen molar-refractivity contribution in [2.45, 2.75) is 0 Å². The Bertz CT molecular complexity index is 310. The number of rotatable bonds is 6. The number of nitrogens with two attached hydrogens (primary N) is 1. The standard InChI is InChI=1S/C8H13NO7/c9-5(7(15)16)4(6(13)14)8(1-10,2-11)3-12/h10-12H,1-3,9H2,(H,13,14)(H,15,16)/b5-4+. The van der Waals surface area contributed by atoms with Gasteiger partial charge in [0.2, 0.25) is 0 Å². The summed E-state index contributed by atoms with van der Waals surface area (Å²) in [5.41, 5.74) is 1.09. The van der Waals surface area contributed by atoms with Crippen LogP contribution in [-0.2, 0) is 9.59 Å². The molecule has 16 heavy (non-hydrogen) atoms. The quantitative estimate of drug-likeness (QED) is 0.271. The maximum atomic E-state index is 10.8. The Hall–Kier alpha value is -1.64. The van der Waals surface area contributed by atoms with Crippen LogP contribution in [0.25, 0.3) is 0 Å². The molecule has 7 N–H and O–H groups in total. The van der Waals surface area contributed by atoms with Gasteiger partial charge in [0, 0.05) is 0 Å². The summed E-state index contributed by atoms with van der Waals surface area (Å²) < 4.78 is 0. The zero-order valence-electron chi connectivity index (χ0n) is 8.25. The van der Waals surface area contributed by atoms with Crippen LogP contribution in [0.15, 0.2) is 11.3 Å². The maximum absolute atomic E-state index is 10.8. The second-order valence-electron chi connectivity index (χ2n) is 3.15. The molecule has 8 nitrogen and oxygen atoms in total. The van der Waals surface area contributed by atoms with E-state index in [0.29, 0.717) is 0 Å². The lowest BCUT2D eigenvalue weighted by Gasteiger charge is -2.28. The van der Waals surface area contributed by atoms with Crippen molar-refractivity contribution in [3.05, 3.63) is 11.3 Å². The van der Waals surface area contributed by atoms with Gasteiger partial charge in [0.05, 0.1) is 30.8 Å². The Morgan fingerprint density at radius 3 is 1.50 bits per heavy atom. The van der Waals surface area contributed by atoms with E-state index < -0.39 is 48.4 Å². The van der Waals surface area contributed by atoms with E-state index in [2.05, 4.69) is 0 Å². The van der Waals surface area contributed by atoms with Crippen LogP contribution in [-0.4, -0.2) is 57.3 Å². The molecule has 0 aromatic carbocycles. The number of carbonyl (C=O) groups is 2. The fourth-order valence-corrected chi connectivity index (χ4v) is 1.12. The van der Waals surface area contributed by atoms with Crippen molar-refractivity contribution >= 4 is 11.9 Å². The first-order valence-corrected chi connectivity index (χ1v) is 4.15. The molecule has 0 aliphatic heterocycles. The van der Waals surface area contributed by atoms with E-state index in [1.807, 2.05) is 0 Å². The van der Waals surface area contributed by atoms with Crippen LogP contribution in [0, 0.1) is 5.41 Å². The molecule has 0 spiro atoms. The zero-order chi connectivity index (χ0) is 12.9. The van der Waals surface area contributed by atoms with Gasteiger partial charge in [-0.05, 0) is 0 Å². The zero-order valence-corrected chi connectivity index (χ0v) is 8.25. The van der Waals surface area contributed by atoms with Crippen molar-refractivity contribution in [1.29, 1.82) is 0 Å². The average Bonchev–Trinajstić information content (AvgIpc) is 2.24. The van der Waals surface area contributed by atoms with Crippen LogP contribution in [0.2, 0.25) is 0 Å². The molecular weight excluding hydrogens is 222 g/mol. The molecule has 92 valence electrons. The predicted molar refractivity (Wildman–Crippen MR) is 50.2 cm³/mol. The van der Waals surface area contributed by atoms with Gasteiger partial charge in [0.1, 0.15) is 5.70 Å². The summed E-state index contributed by atoms with van der Waals surface area (Å²) in [6, 6.07) is 0. The number of hydrogen-bond acceptors (Lipinski definition) is 6. The second kappa shape index (κ2) is 5.45. The van der Waals surface area contributed by atoms with E-state index in [9.17, 15) is 9.59 Å². The third-order valence-electron chi connectivity index (χ3n) is 2.15. The van der Waals surface area contributed by atoms with Gasteiger partial charge in [-0.15, -0.1) is 0 Å². The third kappa shape index (κ3) is 2.48. The molecule has 0 radical (unpaired) electrons. The largest absolute Gasteiger partial charge is 0.478 e. The summed E-state index contributed by atoms with van der Waals surface area (Å²) in [7, 11) is 0. The van der Waals surface area contributed by atoms with Crippen LogP contribution in [0.1, 0.15) is 0 Å². The minimum atomic E-state index is -1.99. The highest BCUT2D eigenvalue weighted by Crippen LogP contribution is 2.27. The summed E-state index contributed by atoms with van der Waals surface area (Å²) in [6.07, 6.45) is 0. The SMILES string of the molecule is N/C(C(=O)O)=C(\C(=O)O)C(CO)(CO)CO. The molecule has 0 unspecified atom stereocenters. The molecule has 0 bridgehead atoms. The molecule has 0 atom stereocenters. The van der Waals surface area contributed by atoms with Gasteiger partial charge < -0.3 is 31.3 Å². The Labute approximate surface area is 90.2 Å². The highest BCUT2D eigenvalue weighted by Gasteiger charge is 2.40. The molecule has 0 rings (SSSR count). The lowest BCUT2D eigenvalue weighted by Crippen LogP contribution is -2.41. The predicted octanol–water partition coefficient (Wildman–Crippen LogP) is -2.67. The van der Waals surface area contributed by atoms with Crippen LogP contribution in [0.3, 0.4) is 0 Å². The molecule has 0 aliphatic carbocycles. The van der Waals surface area contributed by atoms with E-state index in [1.165, 1.54) is 0 Å². The Morgan fingerprint density at radius 2 is 1.31 bits per heavy atom. The van der Waals surface area contributed by atoms with E-state index in [-0.39, 0.29) is 0 Å². The summed E-state index contributed by atoms with van der Waals surface area (Å²) in [6.45, 7) is -2.85. The Balaban J connectivity index is 5.78. The first kappa shape index (κ1) is 14.4. The van der Waals surface area contributed by atoms with E-state index in [0.717, 1.165) is 0 Å². The average molecular weight is 235 g/mol. The normalized spacial score (nSPS) is 13.2. The second-order valence-corrected chi connectivity index (χ2v) is 3.15. The van der Waals surface area contributed by atoms with Crippen molar-refractivity contribution in [3.63, 3.8) is 0 Å². The molecule has 0 aromatic heterocycles. The minimum absolute atomic E-state index is 0.924. The van der Waals surface area contributed by atoms with Crippen LogP contribution in [0.4, 0.5) is 0 Å². The fraction of sp³-hybridized carbons (Fsp3) is 0.500. The van der Waals surface area contributed by atoms with Gasteiger partial charge in [-0.2, -0.15) is 0 Å². The molecule has 0 heterocycles. The number of hydrogen-bond donors (Lipinski definition) is 6. The molecule has 0 saturated carbocycles. The highest BCUT2D eigenvalue weighted by atomic mass is 16.4. The smallest absolute Gasteiger partial charge is 0.352 e. The number of carboxylic acids is 2. The van der Waals surface area contributed by atoms with Crippen LogP contribution < -0.4 is 5.73 Å². The van der Waals surface area contributed by atoms with E-state index in [4.69, 9.17) is 31.3 Å². The highest BCUT2D eigenvalue weighted by molar-refractivity contribution is 5.99. The Kier molecular flexibility index (Phi) is 4.89. The number of aliphatic hydroxyl groups is 3. The van der Waals surface area contributed by atoms with Crippen molar-refractivity contribution in [1.82, 2.24) is 0 Å². The van der Waals surface area contributed by atoms with Crippen molar-refractivity contribution < 1.29 is 35.1 Å². The van der Waals surface area contributed by atoms with Gasteiger partial charge >= 0.3 is 11.9 Å². The topological polar surface area (TPSA) is 161 Å². The molecular formula is C8H13NO7. The molecule has 0 amide bonds. The van der Waals surface area contributed by atoms with Crippen molar-refractivity contribution in [3.8, 4) is 0 Å². The molecule has 8 heteroatoms. The maximum Gasteiger partial charge on any atom is 0.352 e. The van der Waals surface area contributed by atoms with E-state index >= 15 is 0 Å².